The molecule has 6 heteroatoms. The summed E-state index contributed by atoms with van der Waals surface area (Å²) in [7, 11) is 1.28. The molecule has 2 aromatic rings. The van der Waals surface area contributed by atoms with Crippen LogP contribution in [0.5, 0.6) is 5.75 Å². The van der Waals surface area contributed by atoms with Crippen molar-refractivity contribution < 1.29 is 24.6 Å². The monoisotopic (exact) mass is 317 g/mol. The summed E-state index contributed by atoms with van der Waals surface area (Å²) in [6.07, 6.45) is 0.448. The Morgan fingerprint density at radius 2 is 1.87 bits per heavy atom. The Balaban J connectivity index is 1.99. The number of carbonyl (C=O) groups excluding carboxylic acids is 2. The summed E-state index contributed by atoms with van der Waals surface area (Å²) in [6.45, 7) is -0.117. The number of esters is 1. The molecule has 0 atom stereocenters. The van der Waals surface area contributed by atoms with Crippen molar-refractivity contribution in [3.05, 3.63) is 42.0 Å². The van der Waals surface area contributed by atoms with Crippen LogP contribution in [0.15, 0.2) is 36.4 Å². The van der Waals surface area contributed by atoms with Gasteiger partial charge in [-0.3, -0.25) is 14.8 Å². The number of ether oxygens (including phenoxy) is 1. The van der Waals surface area contributed by atoms with Crippen molar-refractivity contribution in [1.82, 2.24) is 5.06 Å². The third kappa shape index (κ3) is 4.20. The van der Waals surface area contributed by atoms with Gasteiger partial charge in [0, 0.05) is 23.8 Å². The van der Waals surface area contributed by atoms with Crippen LogP contribution in [0.2, 0.25) is 0 Å². The number of rotatable bonds is 6. The van der Waals surface area contributed by atoms with Gasteiger partial charge < -0.3 is 9.84 Å². The fourth-order valence-corrected chi connectivity index (χ4v) is 2.29. The number of benzene rings is 2. The second-order valence-corrected chi connectivity index (χ2v) is 5.18. The van der Waals surface area contributed by atoms with Crippen molar-refractivity contribution >= 4 is 22.6 Å². The fraction of sp³-hybridized carbons (Fsp3) is 0.294. The quantitative estimate of drug-likeness (QED) is 0.486. The van der Waals surface area contributed by atoms with Gasteiger partial charge in [0.2, 0.25) is 5.91 Å². The molecule has 0 unspecified atom stereocenters. The van der Waals surface area contributed by atoms with E-state index < -0.39 is 11.9 Å². The van der Waals surface area contributed by atoms with Gasteiger partial charge in [-0.1, -0.05) is 36.4 Å². The van der Waals surface area contributed by atoms with Gasteiger partial charge in [-0.2, -0.15) is 0 Å². The third-order valence-electron chi connectivity index (χ3n) is 3.59. The van der Waals surface area contributed by atoms with Crippen LogP contribution in [0.4, 0.5) is 0 Å². The zero-order valence-electron chi connectivity index (χ0n) is 12.9. The number of hydrogen-bond acceptors (Lipinski definition) is 5. The summed E-state index contributed by atoms with van der Waals surface area (Å²) in [5.41, 5.74) is 0.451. The standard InChI is InChI=1S/C17H19NO5/c1-23-16(20)8-4-7-15(19)18(22)11-13-10-9-12-5-2-3-6-14(12)17(13)21/h2-3,5-6,9-10,21-22H,4,7-8,11H2,1H3. The van der Waals surface area contributed by atoms with E-state index in [1.165, 1.54) is 7.11 Å². The Kier molecular flexibility index (Phi) is 5.54. The van der Waals surface area contributed by atoms with Crippen LogP contribution in [0.25, 0.3) is 10.8 Å². The second-order valence-electron chi connectivity index (χ2n) is 5.18. The lowest BCUT2D eigenvalue weighted by molar-refractivity contribution is -0.168. The smallest absolute Gasteiger partial charge is 0.305 e. The molecule has 1 amide bonds. The predicted molar refractivity (Wildman–Crippen MR) is 83.8 cm³/mol. The summed E-state index contributed by atoms with van der Waals surface area (Å²) in [5.74, 6) is -0.861. The number of hydroxylamine groups is 2. The summed E-state index contributed by atoms with van der Waals surface area (Å²) < 4.78 is 4.49. The maximum atomic E-state index is 11.8. The van der Waals surface area contributed by atoms with Gasteiger partial charge >= 0.3 is 5.97 Å². The summed E-state index contributed by atoms with van der Waals surface area (Å²) in [4.78, 5) is 22.8. The molecule has 0 aliphatic rings. The molecule has 0 saturated heterocycles. The average molecular weight is 317 g/mol. The van der Waals surface area contributed by atoms with E-state index in [-0.39, 0.29) is 25.1 Å². The minimum Gasteiger partial charge on any atom is -0.507 e. The Morgan fingerprint density at radius 3 is 2.61 bits per heavy atom. The highest BCUT2D eigenvalue weighted by Gasteiger charge is 2.15. The van der Waals surface area contributed by atoms with Crippen LogP contribution in [-0.4, -0.2) is 34.4 Å². The SMILES string of the molecule is COC(=O)CCCC(=O)N(O)Cc1ccc2ccccc2c1O. The summed E-state index contributed by atoms with van der Waals surface area (Å²) >= 11 is 0. The Bertz CT molecular complexity index is 713. The van der Waals surface area contributed by atoms with Crippen LogP contribution in [0.1, 0.15) is 24.8 Å². The average Bonchev–Trinajstić information content (AvgIpc) is 2.57. The minimum absolute atomic E-state index is 0.0277. The van der Waals surface area contributed by atoms with E-state index in [2.05, 4.69) is 4.74 Å². The number of methoxy groups -OCH3 is 1. The molecule has 0 bridgehead atoms. The highest BCUT2D eigenvalue weighted by Crippen LogP contribution is 2.29. The maximum Gasteiger partial charge on any atom is 0.305 e. The number of aromatic hydroxyl groups is 1. The molecule has 122 valence electrons. The van der Waals surface area contributed by atoms with Crippen LogP contribution < -0.4 is 0 Å². The molecule has 0 fully saturated rings. The zero-order valence-corrected chi connectivity index (χ0v) is 12.9. The number of phenolic OH excluding ortho intramolecular Hbond substituents is 1. The number of amides is 1. The molecular weight excluding hydrogens is 298 g/mol. The van der Waals surface area contributed by atoms with Crippen molar-refractivity contribution in [2.24, 2.45) is 0 Å². The molecule has 0 aromatic heterocycles. The molecule has 0 spiro atoms. The van der Waals surface area contributed by atoms with E-state index in [0.29, 0.717) is 22.4 Å². The molecule has 2 N–H and O–H groups in total. The predicted octanol–water partition coefficient (Wildman–Crippen LogP) is 2.61. The maximum absolute atomic E-state index is 11.8. The topological polar surface area (TPSA) is 87.1 Å². The van der Waals surface area contributed by atoms with Gasteiger partial charge in [0.1, 0.15) is 5.75 Å². The van der Waals surface area contributed by atoms with Gasteiger partial charge in [0.15, 0.2) is 0 Å². The van der Waals surface area contributed by atoms with E-state index >= 15 is 0 Å². The van der Waals surface area contributed by atoms with Crippen LogP contribution in [-0.2, 0) is 20.9 Å². The third-order valence-corrected chi connectivity index (χ3v) is 3.59. The van der Waals surface area contributed by atoms with Crippen molar-refractivity contribution in [3.8, 4) is 5.75 Å². The normalized spacial score (nSPS) is 10.5. The lowest BCUT2D eigenvalue weighted by Gasteiger charge is -2.16. The molecule has 0 saturated carbocycles. The molecule has 0 radical (unpaired) electrons. The highest BCUT2D eigenvalue weighted by atomic mass is 16.5. The van der Waals surface area contributed by atoms with Gasteiger partial charge in [0.05, 0.1) is 13.7 Å². The lowest BCUT2D eigenvalue weighted by Crippen LogP contribution is -2.26. The van der Waals surface area contributed by atoms with Gasteiger partial charge in [-0.15, -0.1) is 0 Å². The first-order valence-electron chi connectivity index (χ1n) is 7.28. The largest absolute Gasteiger partial charge is 0.507 e. The summed E-state index contributed by atoms with van der Waals surface area (Å²) in [6, 6.07) is 10.8. The second kappa shape index (κ2) is 7.60. The van der Waals surface area contributed by atoms with Gasteiger partial charge in [-0.05, 0) is 11.8 Å². The molecule has 0 aliphatic carbocycles. The van der Waals surface area contributed by atoms with Crippen molar-refractivity contribution in [2.45, 2.75) is 25.8 Å². The highest BCUT2D eigenvalue weighted by molar-refractivity contribution is 5.89. The molecular formula is C17H19NO5. The number of nitrogens with zero attached hydrogens (tertiary/aromatic N) is 1. The number of hydrogen-bond donors (Lipinski definition) is 2. The summed E-state index contributed by atoms with van der Waals surface area (Å²) in [5, 5.41) is 22.2. The molecule has 0 aliphatic heterocycles. The molecule has 2 aromatic carbocycles. The zero-order chi connectivity index (χ0) is 16.8. The lowest BCUT2D eigenvalue weighted by atomic mass is 10.1. The molecule has 2 rings (SSSR count). The fourth-order valence-electron chi connectivity index (χ4n) is 2.29. The first-order chi connectivity index (χ1) is 11.0. The van der Waals surface area contributed by atoms with Gasteiger partial charge in [0.25, 0.3) is 0 Å². The van der Waals surface area contributed by atoms with E-state index in [1.54, 1.807) is 18.2 Å². The van der Waals surface area contributed by atoms with E-state index in [1.807, 2.05) is 18.2 Å². The van der Waals surface area contributed by atoms with E-state index in [4.69, 9.17) is 0 Å². The van der Waals surface area contributed by atoms with Crippen LogP contribution >= 0.6 is 0 Å². The first-order valence-corrected chi connectivity index (χ1v) is 7.28. The number of carbonyl (C=O) groups is 2. The van der Waals surface area contributed by atoms with E-state index in [9.17, 15) is 19.9 Å². The Labute approximate surface area is 133 Å². The molecule has 0 heterocycles. The number of fused-ring (bicyclic) bond motifs is 1. The van der Waals surface area contributed by atoms with Crippen LogP contribution in [0, 0.1) is 0 Å². The molecule has 6 nitrogen and oxygen atoms in total. The van der Waals surface area contributed by atoms with Crippen molar-refractivity contribution in [3.63, 3.8) is 0 Å². The number of phenols is 1. The Morgan fingerprint density at radius 1 is 1.13 bits per heavy atom. The minimum atomic E-state index is -0.513. The van der Waals surface area contributed by atoms with Crippen LogP contribution in [0.3, 0.4) is 0 Å². The van der Waals surface area contributed by atoms with Gasteiger partial charge in [-0.25, -0.2) is 5.06 Å². The Hall–Kier alpha value is -2.60. The van der Waals surface area contributed by atoms with Crippen molar-refractivity contribution in [1.29, 1.82) is 0 Å². The van der Waals surface area contributed by atoms with E-state index in [0.717, 1.165) is 5.39 Å². The molecule has 23 heavy (non-hydrogen) atoms. The first kappa shape index (κ1) is 16.8. The van der Waals surface area contributed by atoms with Crippen molar-refractivity contribution in [2.75, 3.05) is 7.11 Å².